The van der Waals surface area contributed by atoms with E-state index in [1.54, 1.807) is 7.11 Å². The molecule has 0 aliphatic carbocycles. The van der Waals surface area contributed by atoms with Crippen LogP contribution in [0.3, 0.4) is 0 Å². The van der Waals surface area contributed by atoms with Crippen molar-refractivity contribution in [2.24, 2.45) is 10.1 Å². The SMILES string of the molecule is CCOc1ccc(C2=NNC(c3ccc(OC)cc3)=Nc3ccc(Cl)cc32)cc1OCC. The summed E-state index contributed by atoms with van der Waals surface area (Å²) in [6, 6.07) is 19.0. The van der Waals surface area contributed by atoms with Crippen molar-refractivity contribution < 1.29 is 14.2 Å². The van der Waals surface area contributed by atoms with Crippen molar-refractivity contribution in [2.75, 3.05) is 20.3 Å². The van der Waals surface area contributed by atoms with Gasteiger partial charge in [0.1, 0.15) is 11.5 Å². The van der Waals surface area contributed by atoms with E-state index in [1.165, 1.54) is 0 Å². The highest BCUT2D eigenvalue weighted by Gasteiger charge is 2.19. The number of nitrogens with one attached hydrogen (secondary N) is 1. The normalized spacial score (nSPS) is 12.6. The lowest BCUT2D eigenvalue weighted by atomic mass is 10.0. The van der Waals surface area contributed by atoms with E-state index in [0.717, 1.165) is 28.1 Å². The molecule has 0 unspecified atom stereocenters. The van der Waals surface area contributed by atoms with E-state index in [0.29, 0.717) is 41.3 Å². The highest BCUT2D eigenvalue weighted by atomic mass is 35.5. The fourth-order valence-corrected chi connectivity index (χ4v) is 3.58. The molecule has 0 bridgehead atoms. The van der Waals surface area contributed by atoms with Crippen LogP contribution < -0.4 is 19.6 Å². The number of amidine groups is 1. The average Bonchev–Trinajstić information content (AvgIpc) is 3.00. The molecule has 0 radical (unpaired) electrons. The predicted molar refractivity (Wildman–Crippen MR) is 128 cm³/mol. The van der Waals surface area contributed by atoms with Crippen molar-refractivity contribution in [1.29, 1.82) is 0 Å². The van der Waals surface area contributed by atoms with E-state index in [4.69, 9.17) is 35.9 Å². The summed E-state index contributed by atoms with van der Waals surface area (Å²) in [6.07, 6.45) is 0. The summed E-state index contributed by atoms with van der Waals surface area (Å²) in [5, 5.41) is 5.31. The number of aliphatic imine (C=N–C) groups is 1. The quantitative estimate of drug-likeness (QED) is 0.511. The minimum Gasteiger partial charge on any atom is -0.497 e. The lowest BCUT2D eigenvalue weighted by Gasteiger charge is -2.14. The molecule has 0 atom stereocenters. The molecule has 3 aromatic rings. The molecular weight excluding hydrogens is 426 g/mol. The number of hydrogen-bond donors (Lipinski definition) is 1. The largest absolute Gasteiger partial charge is 0.497 e. The number of hydrazone groups is 1. The first kappa shape index (κ1) is 21.7. The monoisotopic (exact) mass is 449 g/mol. The maximum Gasteiger partial charge on any atom is 0.161 e. The molecule has 1 N–H and O–H groups in total. The molecule has 3 aromatic carbocycles. The highest BCUT2D eigenvalue weighted by molar-refractivity contribution is 6.31. The molecule has 0 aromatic heterocycles. The van der Waals surface area contributed by atoms with E-state index < -0.39 is 0 Å². The molecule has 1 aliphatic rings. The van der Waals surface area contributed by atoms with Gasteiger partial charge in [0.15, 0.2) is 17.3 Å². The van der Waals surface area contributed by atoms with Gasteiger partial charge in [0.05, 0.1) is 26.0 Å². The van der Waals surface area contributed by atoms with Crippen molar-refractivity contribution in [3.8, 4) is 17.2 Å². The van der Waals surface area contributed by atoms with Gasteiger partial charge in [0.25, 0.3) is 0 Å². The van der Waals surface area contributed by atoms with Crippen LogP contribution in [0.2, 0.25) is 5.02 Å². The fourth-order valence-electron chi connectivity index (χ4n) is 3.41. The molecule has 0 fully saturated rings. The standard InChI is InChI=1S/C25H24ClN3O3/c1-4-31-22-13-8-17(14-23(22)32-5-2)24-20-15-18(26)9-12-21(20)27-25(29-28-24)16-6-10-19(30-3)11-7-16/h6-15H,4-5H2,1-3H3,(H,27,29). The molecule has 0 saturated carbocycles. The smallest absolute Gasteiger partial charge is 0.161 e. The summed E-state index contributed by atoms with van der Waals surface area (Å²) in [6.45, 7) is 4.97. The molecule has 164 valence electrons. The van der Waals surface area contributed by atoms with Crippen molar-refractivity contribution in [1.82, 2.24) is 5.43 Å². The predicted octanol–water partition coefficient (Wildman–Crippen LogP) is 5.58. The second-order valence-corrected chi connectivity index (χ2v) is 7.39. The van der Waals surface area contributed by atoms with Crippen LogP contribution in [0.5, 0.6) is 17.2 Å². The summed E-state index contributed by atoms with van der Waals surface area (Å²) >= 11 is 6.33. The number of benzene rings is 3. The molecule has 0 spiro atoms. The van der Waals surface area contributed by atoms with Gasteiger partial charge in [0.2, 0.25) is 0 Å². The first-order valence-corrected chi connectivity index (χ1v) is 10.8. The van der Waals surface area contributed by atoms with Gasteiger partial charge in [-0.2, -0.15) is 5.10 Å². The van der Waals surface area contributed by atoms with Gasteiger partial charge >= 0.3 is 0 Å². The van der Waals surface area contributed by atoms with Crippen molar-refractivity contribution in [3.05, 3.63) is 82.4 Å². The van der Waals surface area contributed by atoms with Gasteiger partial charge in [-0.1, -0.05) is 11.6 Å². The van der Waals surface area contributed by atoms with Gasteiger partial charge in [-0.05, 0) is 74.5 Å². The Bertz CT molecular complexity index is 1170. The molecule has 6 nitrogen and oxygen atoms in total. The Morgan fingerprint density at radius 3 is 2.28 bits per heavy atom. The minimum atomic E-state index is 0.529. The van der Waals surface area contributed by atoms with E-state index in [9.17, 15) is 0 Å². The summed E-state index contributed by atoms with van der Waals surface area (Å²) in [5.41, 5.74) is 7.16. The number of halogens is 1. The summed E-state index contributed by atoms with van der Waals surface area (Å²) in [7, 11) is 1.64. The molecular formula is C25H24ClN3O3. The van der Waals surface area contributed by atoms with Crippen LogP contribution in [0.1, 0.15) is 30.5 Å². The second kappa shape index (κ2) is 9.75. The Kier molecular flexibility index (Phi) is 6.61. The third kappa shape index (κ3) is 4.55. The summed E-state index contributed by atoms with van der Waals surface area (Å²) in [4.78, 5) is 4.82. The van der Waals surface area contributed by atoms with Gasteiger partial charge in [-0.15, -0.1) is 0 Å². The maximum atomic E-state index is 6.33. The zero-order chi connectivity index (χ0) is 22.5. The van der Waals surface area contributed by atoms with Crippen LogP contribution in [-0.2, 0) is 0 Å². The third-order valence-electron chi connectivity index (χ3n) is 4.90. The van der Waals surface area contributed by atoms with Gasteiger partial charge in [-0.25, -0.2) is 4.99 Å². The second-order valence-electron chi connectivity index (χ2n) is 6.95. The topological polar surface area (TPSA) is 64.4 Å². The maximum absolute atomic E-state index is 6.33. The van der Waals surface area contributed by atoms with Crippen LogP contribution in [-0.4, -0.2) is 31.9 Å². The van der Waals surface area contributed by atoms with Crippen LogP contribution in [0.4, 0.5) is 5.69 Å². The van der Waals surface area contributed by atoms with Gasteiger partial charge in [0, 0.05) is 21.7 Å². The first-order valence-electron chi connectivity index (χ1n) is 10.4. The van der Waals surface area contributed by atoms with E-state index in [2.05, 4.69) is 5.43 Å². The zero-order valence-electron chi connectivity index (χ0n) is 18.2. The van der Waals surface area contributed by atoms with Crippen molar-refractivity contribution in [2.45, 2.75) is 13.8 Å². The van der Waals surface area contributed by atoms with Gasteiger partial charge in [-0.3, -0.25) is 5.43 Å². The highest BCUT2D eigenvalue weighted by Crippen LogP contribution is 2.33. The van der Waals surface area contributed by atoms with Crippen LogP contribution in [0, 0.1) is 0 Å². The molecule has 1 heterocycles. The lowest BCUT2D eigenvalue weighted by Crippen LogP contribution is -2.19. The van der Waals surface area contributed by atoms with E-state index in [1.807, 2.05) is 74.5 Å². The third-order valence-corrected chi connectivity index (χ3v) is 5.13. The van der Waals surface area contributed by atoms with Crippen molar-refractivity contribution >= 4 is 28.8 Å². The van der Waals surface area contributed by atoms with Crippen molar-refractivity contribution in [3.63, 3.8) is 0 Å². The minimum absolute atomic E-state index is 0.529. The lowest BCUT2D eigenvalue weighted by molar-refractivity contribution is 0.287. The molecule has 0 saturated heterocycles. The van der Waals surface area contributed by atoms with Crippen LogP contribution in [0.15, 0.2) is 70.8 Å². The van der Waals surface area contributed by atoms with E-state index in [-0.39, 0.29) is 0 Å². The zero-order valence-corrected chi connectivity index (χ0v) is 18.9. The van der Waals surface area contributed by atoms with Crippen LogP contribution in [0.25, 0.3) is 0 Å². The number of methoxy groups -OCH3 is 1. The first-order chi connectivity index (χ1) is 15.6. The molecule has 0 amide bonds. The summed E-state index contributed by atoms with van der Waals surface area (Å²) in [5.74, 6) is 2.76. The number of ether oxygens (including phenoxy) is 3. The Hall–Kier alpha value is -3.51. The Morgan fingerprint density at radius 2 is 1.56 bits per heavy atom. The van der Waals surface area contributed by atoms with Crippen LogP contribution >= 0.6 is 11.6 Å². The molecule has 32 heavy (non-hydrogen) atoms. The number of hydrogen-bond acceptors (Lipinski definition) is 6. The Balaban J connectivity index is 1.80. The Morgan fingerprint density at radius 1 is 0.844 bits per heavy atom. The fraction of sp³-hybridized carbons (Fsp3) is 0.200. The average molecular weight is 450 g/mol. The van der Waals surface area contributed by atoms with E-state index >= 15 is 0 Å². The number of fused-ring (bicyclic) bond motifs is 1. The Labute approximate surface area is 192 Å². The molecule has 7 heteroatoms. The molecule has 4 rings (SSSR count). The van der Waals surface area contributed by atoms with Gasteiger partial charge < -0.3 is 14.2 Å². The number of nitrogens with zero attached hydrogens (tertiary/aromatic N) is 2. The molecule has 1 aliphatic heterocycles. The summed E-state index contributed by atoms with van der Waals surface area (Å²) < 4.78 is 16.8. The number of rotatable bonds is 7.